The fourth-order valence-corrected chi connectivity index (χ4v) is 3.84. The average molecular weight is 413 g/mol. The number of hydrogen-bond donors (Lipinski definition) is 3. The molecular formula is C18H19N7O3S. The molecular weight excluding hydrogens is 394 g/mol. The number of aryl methyl sites for hydroxylation is 1. The second-order valence-corrected chi connectivity index (χ2v) is 7.32. The SMILES string of the molecule is CC[C@@](N)(C(N)=O)c1nc(C)c(-c2ccnc(Nc3cccc([N+](=O)[O-])c3)n2)s1. The number of rotatable bonds is 7. The van der Waals surface area contributed by atoms with Crippen LogP contribution >= 0.6 is 11.3 Å². The quantitative estimate of drug-likeness (QED) is 0.393. The molecule has 0 saturated carbocycles. The molecule has 0 aliphatic rings. The van der Waals surface area contributed by atoms with Crippen LogP contribution in [0, 0.1) is 17.0 Å². The molecule has 0 radical (unpaired) electrons. The van der Waals surface area contributed by atoms with E-state index in [1.54, 1.807) is 38.2 Å². The molecule has 3 aromatic rings. The van der Waals surface area contributed by atoms with E-state index in [1.165, 1.54) is 23.5 Å². The first-order valence-corrected chi connectivity index (χ1v) is 9.48. The molecule has 29 heavy (non-hydrogen) atoms. The highest BCUT2D eigenvalue weighted by molar-refractivity contribution is 7.15. The van der Waals surface area contributed by atoms with Gasteiger partial charge in [-0.2, -0.15) is 0 Å². The van der Waals surface area contributed by atoms with Gasteiger partial charge in [0.05, 0.1) is 21.2 Å². The van der Waals surface area contributed by atoms with Crippen LogP contribution in [0.5, 0.6) is 0 Å². The summed E-state index contributed by atoms with van der Waals surface area (Å²) in [7, 11) is 0. The third-order valence-corrected chi connectivity index (χ3v) is 5.73. The largest absolute Gasteiger partial charge is 0.368 e. The Hall–Kier alpha value is -3.44. The molecule has 1 aromatic carbocycles. The second-order valence-electron chi connectivity index (χ2n) is 6.32. The summed E-state index contributed by atoms with van der Waals surface area (Å²) in [5.41, 5.74) is 12.0. The van der Waals surface area contributed by atoms with Gasteiger partial charge < -0.3 is 16.8 Å². The lowest BCUT2D eigenvalue weighted by atomic mass is 9.98. The number of nitro groups is 1. The summed E-state index contributed by atoms with van der Waals surface area (Å²) in [5, 5.41) is 14.3. The minimum absolute atomic E-state index is 0.0422. The number of nitrogens with two attached hydrogens (primary N) is 2. The fraction of sp³-hybridized carbons (Fsp3) is 0.222. The number of nitro benzene ring substituents is 1. The van der Waals surface area contributed by atoms with Crippen molar-refractivity contribution in [3.63, 3.8) is 0 Å². The third-order valence-electron chi connectivity index (χ3n) is 4.38. The van der Waals surface area contributed by atoms with Crippen molar-refractivity contribution in [2.45, 2.75) is 25.8 Å². The number of nitrogens with one attached hydrogen (secondary N) is 1. The number of nitrogens with zero attached hydrogens (tertiary/aromatic N) is 4. The van der Waals surface area contributed by atoms with Crippen LogP contribution in [0.3, 0.4) is 0 Å². The molecule has 0 saturated heterocycles. The highest BCUT2D eigenvalue weighted by Gasteiger charge is 2.36. The van der Waals surface area contributed by atoms with Gasteiger partial charge in [-0.25, -0.2) is 15.0 Å². The summed E-state index contributed by atoms with van der Waals surface area (Å²) in [4.78, 5) is 36.1. The Bertz CT molecular complexity index is 1080. The van der Waals surface area contributed by atoms with Crippen molar-refractivity contribution in [2.75, 3.05) is 5.32 Å². The molecule has 0 aliphatic heterocycles. The van der Waals surface area contributed by atoms with E-state index in [2.05, 4.69) is 20.3 Å². The first kappa shape index (κ1) is 20.3. The number of aromatic nitrogens is 3. The smallest absolute Gasteiger partial charge is 0.271 e. The molecule has 2 heterocycles. The monoisotopic (exact) mass is 413 g/mol. The Morgan fingerprint density at radius 1 is 1.34 bits per heavy atom. The number of anilines is 2. The van der Waals surface area contributed by atoms with Crippen LogP contribution in [0.1, 0.15) is 24.0 Å². The van der Waals surface area contributed by atoms with E-state index in [0.29, 0.717) is 28.5 Å². The standard InChI is InChI=1S/C18H19N7O3S/c1-3-18(20,15(19)26)16-22-10(2)14(29-16)13-7-8-21-17(24-13)23-11-5-4-6-12(9-11)25(27)28/h4-9H,3,20H2,1-2H3,(H2,19,26)(H,21,23,24)/t18-/m1/s1. The molecule has 150 valence electrons. The lowest BCUT2D eigenvalue weighted by molar-refractivity contribution is -0.384. The zero-order chi connectivity index (χ0) is 21.2. The minimum Gasteiger partial charge on any atom is -0.368 e. The van der Waals surface area contributed by atoms with Gasteiger partial charge in [-0.05, 0) is 25.5 Å². The van der Waals surface area contributed by atoms with Crippen molar-refractivity contribution in [3.05, 3.63) is 57.3 Å². The molecule has 0 aliphatic carbocycles. The van der Waals surface area contributed by atoms with E-state index in [4.69, 9.17) is 11.5 Å². The molecule has 0 bridgehead atoms. The van der Waals surface area contributed by atoms with Crippen LogP contribution in [0.15, 0.2) is 36.5 Å². The zero-order valence-electron chi connectivity index (χ0n) is 15.7. The Balaban J connectivity index is 1.93. The maximum atomic E-state index is 11.8. The maximum absolute atomic E-state index is 11.8. The molecule has 1 amide bonds. The normalized spacial score (nSPS) is 12.9. The molecule has 2 aromatic heterocycles. The number of hydrogen-bond acceptors (Lipinski definition) is 9. The van der Waals surface area contributed by atoms with Crippen LogP contribution < -0.4 is 16.8 Å². The Morgan fingerprint density at radius 2 is 2.10 bits per heavy atom. The number of carbonyl (C=O) groups excluding carboxylic acids is 1. The molecule has 10 nitrogen and oxygen atoms in total. The molecule has 0 unspecified atom stereocenters. The van der Waals surface area contributed by atoms with E-state index < -0.39 is 16.4 Å². The number of non-ortho nitro benzene ring substituents is 1. The molecule has 0 fully saturated rings. The zero-order valence-corrected chi connectivity index (χ0v) is 16.6. The van der Waals surface area contributed by atoms with Gasteiger partial charge >= 0.3 is 0 Å². The Morgan fingerprint density at radius 3 is 2.76 bits per heavy atom. The van der Waals surface area contributed by atoms with E-state index >= 15 is 0 Å². The molecule has 0 spiro atoms. The van der Waals surface area contributed by atoms with Crippen LogP contribution in [-0.2, 0) is 10.3 Å². The lowest BCUT2D eigenvalue weighted by Crippen LogP contribution is -2.48. The van der Waals surface area contributed by atoms with Crippen molar-refractivity contribution in [1.82, 2.24) is 15.0 Å². The summed E-state index contributed by atoms with van der Waals surface area (Å²) in [6.45, 7) is 3.56. The van der Waals surface area contributed by atoms with E-state index in [1.807, 2.05) is 0 Å². The van der Waals surface area contributed by atoms with Crippen molar-refractivity contribution in [1.29, 1.82) is 0 Å². The molecule has 5 N–H and O–H groups in total. The van der Waals surface area contributed by atoms with Crippen LogP contribution in [0.25, 0.3) is 10.6 Å². The second kappa shape index (κ2) is 7.89. The van der Waals surface area contributed by atoms with Gasteiger partial charge in [0.15, 0.2) is 0 Å². The van der Waals surface area contributed by atoms with Crippen molar-refractivity contribution < 1.29 is 9.72 Å². The molecule has 3 rings (SSSR count). The van der Waals surface area contributed by atoms with Gasteiger partial charge in [0.2, 0.25) is 11.9 Å². The van der Waals surface area contributed by atoms with Gasteiger partial charge in [-0.3, -0.25) is 14.9 Å². The van der Waals surface area contributed by atoms with Gasteiger partial charge in [0.25, 0.3) is 5.69 Å². The third kappa shape index (κ3) is 4.05. The van der Waals surface area contributed by atoms with Crippen LogP contribution in [0.4, 0.5) is 17.3 Å². The average Bonchev–Trinajstić information content (AvgIpc) is 3.09. The van der Waals surface area contributed by atoms with E-state index in [-0.39, 0.29) is 11.6 Å². The number of primary amides is 1. The highest BCUT2D eigenvalue weighted by Crippen LogP contribution is 2.34. The molecule has 11 heteroatoms. The van der Waals surface area contributed by atoms with Crippen LogP contribution in [0.2, 0.25) is 0 Å². The predicted octanol–water partition coefficient (Wildman–Crippen LogP) is 2.61. The lowest BCUT2D eigenvalue weighted by Gasteiger charge is -2.20. The summed E-state index contributed by atoms with van der Waals surface area (Å²) in [6, 6.07) is 7.74. The van der Waals surface area contributed by atoms with Crippen molar-refractivity contribution in [2.24, 2.45) is 11.5 Å². The van der Waals surface area contributed by atoms with E-state index in [0.717, 1.165) is 4.88 Å². The van der Waals surface area contributed by atoms with Gasteiger partial charge in [0.1, 0.15) is 10.5 Å². The maximum Gasteiger partial charge on any atom is 0.271 e. The number of amides is 1. The first-order valence-electron chi connectivity index (χ1n) is 8.66. The topological polar surface area (TPSA) is 163 Å². The Labute approximate surface area is 170 Å². The van der Waals surface area contributed by atoms with E-state index in [9.17, 15) is 14.9 Å². The Kier molecular flexibility index (Phi) is 5.52. The van der Waals surface area contributed by atoms with Gasteiger partial charge in [0, 0.05) is 24.0 Å². The minimum atomic E-state index is -1.34. The van der Waals surface area contributed by atoms with Crippen LogP contribution in [-0.4, -0.2) is 25.8 Å². The number of carbonyl (C=O) groups is 1. The van der Waals surface area contributed by atoms with Gasteiger partial charge in [-0.1, -0.05) is 13.0 Å². The summed E-state index contributed by atoms with van der Waals surface area (Å²) in [6.07, 6.45) is 1.88. The number of benzene rings is 1. The van der Waals surface area contributed by atoms with Crippen molar-refractivity contribution >= 4 is 34.6 Å². The van der Waals surface area contributed by atoms with Crippen molar-refractivity contribution in [3.8, 4) is 10.6 Å². The summed E-state index contributed by atoms with van der Waals surface area (Å²) >= 11 is 1.25. The fourth-order valence-electron chi connectivity index (χ4n) is 2.63. The summed E-state index contributed by atoms with van der Waals surface area (Å²) < 4.78 is 0. The number of thiazole rings is 1. The first-order chi connectivity index (χ1) is 13.7. The highest BCUT2D eigenvalue weighted by atomic mass is 32.1. The predicted molar refractivity (Wildman–Crippen MR) is 110 cm³/mol. The summed E-state index contributed by atoms with van der Waals surface area (Å²) in [5.74, 6) is -0.377. The van der Waals surface area contributed by atoms with Gasteiger partial charge in [-0.15, -0.1) is 11.3 Å². The molecule has 1 atom stereocenters.